The van der Waals surface area contributed by atoms with E-state index in [4.69, 9.17) is 4.42 Å². The van der Waals surface area contributed by atoms with Gasteiger partial charge in [-0.2, -0.15) is 0 Å². The van der Waals surface area contributed by atoms with E-state index in [1.165, 1.54) is 0 Å². The normalized spacial score (nSPS) is 17.4. The molecule has 148 valence electrons. The molecule has 0 bridgehead atoms. The summed E-state index contributed by atoms with van der Waals surface area (Å²) in [5, 5.41) is 4.32. The maximum atomic E-state index is 12.9. The highest BCUT2D eigenvalue weighted by molar-refractivity contribution is 5.78. The van der Waals surface area contributed by atoms with E-state index in [1.807, 2.05) is 49.1 Å². The predicted octanol–water partition coefficient (Wildman–Crippen LogP) is 4.65. The molecule has 1 N–H and O–H groups in total. The first-order valence-corrected chi connectivity index (χ1v) is 10.3. The monoisotopic (exact) mass is 371 g/mol. The first-order chi connectivity index (χ1) is 13.0. The summed E-state index contributed by atoms with van der Waals surface area (Å²) >= 11 is 0. The third-order valence-electron chi connectivity index (χ3n) is 5.46. The van der Waals surface area contributed by atoms with Crippen molar-refractivity contribution in [3.05, 3.63) is 36.1 Å². The summed E-state index contributed by atoms with van der Waals surface area (Å²) in [5.74, 6) is 1.52. The van der Waals surface area contributed by atoms with Gasteiger partial charge in [0, 0.05) is 37.6 Å². The quantitative estimate of drug-likeness (QED) is 0.804. The standard InChI is InChI=1S/C22H33N3O2/c1-5-25(17(4)21-14-18-8-6-7-9-20(18)27-21)22(26)23-19-10-12-24(13-11-19)15-16(2)3/h6-9,14,16-17,19H,5,10-13,15H2,1-4H3,(H,23,26)/t17-/m0/s1. The van der Waals surface area contributed by atoms with E-state index in [2.05, 4.69) is 24.1 Å². The van der Waals surface area contributed by atoms with Crippen molar-refractivity contribution >= 4 is 17.0 Å². The van der Waals surface area contributed by atoms with Crippen molar-refractivity contribution in [3.63, 3.8) is 0 Å². The first kappa shape index (κ1) is 19.7. The summed E-state index contributed by atoms with van der Waals surface area (Å²) in [6.45, 7) is 12.5. The van der Waals surface area contributed by atoms with Crippen LogP contribution in [0.2, 0.25) is 0 Å². The highest BCUT2D eigenvalue weighted by Gasteiger charge is 2.26. The topological polar surface area (TPSA) is 48.7 Å². The molecule has 1 atom stereocenters. The van der Waals surface area contributed by atoms with Crippen LogP contribution in [-0.4, -0.2) is 48.1 Å². The Balaban J connectivity index is 1.59. The third kappa shape index (κ3) is 4.83. The molecule has 2 amide bonds. The summed E-state index contributed by atoms with van der Waals surface area (Å²) in [4.78, 5) is 17.3. The zero-order valence-corrected chi connectivity index (χ0v) is 17.1. The van der Waals surface area contributed by atoms with E-state index in [9.17, 15) is 4.79 Å². The Morgan fingerprint density at radius 1 is 1.26 bits per heavy atom. The molecule has 2 aromatic rings. The number of carbonyl (C=O) groups is 1. The van der Waals surface area contributed by atoms with Gasteiger partial charge in [-0.3, -0.25) is 0 Å². The number of piperidine rings is 1. The summed E-state index contributed by atoms with van der Waals surface area (Å²) in [7, 11) is 0. The van der Waals surface area contributed by atoms with Crippen LogP contribution in [0.4, 0.5) is 4.79 Å². The van der Waals surface area contributed by atoms with Gasteiger partial charge in [0.15, 0.2) is 0 Å². The maximum absolute atomic E-state index is 12.9. The summed E-state index contributed by atoms with van der Waals surface area (Å²) in [5.41, 5.74) is 0.869. The molecule has 2 heterocycles. The van der Waals surface area contributed by atoms with Crippen LogP contribution in [0, 0.1) is 5.92 Å². The van der Waals surface area contributed by atoms with Gasteiger partial charge in [-0.15, -0.1) is 0 Å². The van der Waals surface area contributed by atoms with Crippen molar-refractivity contribution in [3.8, 4) is 0 Å². The molecule has 0 spiro atoms. The van der Waals surface area contributed by atoms with Crippen molar-refractivity contribution in [1.29, 1.82) is 0 Å². The van der Waals surface area contributed by atoms with E-state index >= 15 is 0 Å². The predicted molar refractivity (Wildman–Crippen MR) is 110 cm³/mol. The minimum atomic E-state index is -0.0940. The number of furan rings is 1. The van der Waals surface area contributed by atoms with Crippen molar-refractivity contribution < 1.29 is 9.21 Å². The molecule has 1 saturated heterocycles. The van der Waals surface area contributed by atoms with Crippen LogP contribution in [-0.2, 0) is 0 Å². The van der Waals surface area contributed by atoms with Crippen LogP contribution >= 0.6 is 0 Å². The van der Waals surface area contributed by atoms with Gasteiger partial charge in [0.05, 0.1) is 6.04 Å². The molecular formula is C22H33N3O2. The molecule has 0 radical (unpaired) electrons. The van der Waals surface area contributed by atoms with Gasteiger partial charge < -0.3 is 19.5 Å². The Morgan fingerprint density at radius 3 is 2.59 bits per heavy atom. The lowest BCUT2D eigenvalue weighted by atomic mass is 10.0. The zero-order chi connectivity index (χ0) is 19.4. The summed E-state index contributed by atoms with van der Waals surface area (Å²) < 4.78 is 5.98. The number of amides is 2. The number of likely N-dealkylation sites (tertiary alicyclic amines) is 1. The van der Waals surface area contributed by atoms with Crippen LogP contribution in [0.25, 0.3) is 11.0 Å². The van der Waals surface area contributed by atoms with E-state index in [0.29, 0.717) is 12.5 Å². The molecule has 0 saturated carbocycles. The number of para-hydroxylation sites is 1. The molecule has 5 nitrogen and oxygen atoms in total. The Kier molecular flexibility index (Phi) is 6.42. The van der Waals surface area contributed by atoms with Gasteiger partial charge in [-0.1, -0.05) is 32.0 Å². The summed E-state index contributed by atoms with van der Waals surface area (Å²) in [6.07, 6.45) is 2.05. The lowest BCUT2D eigenvalue weighted by molar-refractivity contribution is 0.153. The molecule has 1 aromatic heterocycles. The van der Waals surface area contributed by atoms with Crippen LogP contribution in [0.15, 0.2) is 34.7 Å². The second-order valence-corrected chi connectivity index (χ2v) is 8.07. The molecule has 3 rings (SSSR count). The number of rotatable bonds is 6. The van der Waals surface area contributed by atoms with Crippen molar-refractivity contribution in [2.24, 2.45) is 5.92 Å². The van der Waals surface area contributed by atoms with Crippen molar-refractivity contribution in [2.45, 2.75) is 52.6 Å². The Hall–Kier alpha value is -2.01. The van der Waals surface area contributed by atoms with Crippen LogP contribution in [0.3, 0.4) is 0 Å². The van der Waals surface area contributed by atoms with E-state index in [-0.39, 0.29) is 18.1 Å². The van der Waals surface area contributed by atoms with Gasteiger partial charge in [0.1, 0.15) is 11.3 Å². The second-order valence-electron chi connectivity index (χ2n) is 8.07. The molecule has 1 aliphatic heterocycles. The van der Waals surface area contributed by atoms with Crippen LogP contribution < -0.4 is 5.32 Å². The average molecular weight is 372 g/mol. The smallest absolute Gasteiger partial charge is 0.318 e. The zero-order valence-electron chi connectivity index (χ0n) is 17.1. The minimum Gasteiger partial charge on any atom is -0.459 e. The fourth-order valence-electron chi connectivity index (χ4n) is 3.99. The number of nitrogens with one attached hydrogen (secondary N) is 1. The fraction of sp³-hybridized carbons (Fsp3) is 0.591. The second kappa shape index (κ2) is 8.79. The Morgan fingerprint density at radius 2 is 1.96 bits per heavy atom. The average Bonchev–Trinajstić information content (AvgIpc) is 3.07. The van der Waals surface area contributed by atoms with Crippen molar-refractivity contribution in [1.82, 2.24) is 15.1 Å². The molecule has 5 heteroatoms. The van der Waals surface area contributed by atoms with Crippen LogP contribution in [0.5, 0.6) is 0 Å². The number of hydrogen-bond acceptors (Lipinski definition) is 3. The highest BCUT2D eigenvalue weighted by atomic mass is 16.3. The van der Waals surface area contributed by atoms with E-state index < -0.39 is 0 Å². The number of benzene rings is 1. The summed E-state index contributed by atoms with van der Waals surface area (Å²) in [6, 6.07) is 10.2. The minimum absolute atomic E-state index is 0.00719. The van der Waals surface area contributed by atoms with Crippen LogP contribution in [0.1, 0.15) is 52.3 Å². The maximum Gasteiger partial charge on any atom is 0.318 e. The molecule has 1 aliphatic rings. The first-order valence-electron chi connectivity index (χ1n) is 10.3. The lowest BCUT2D eigenvalue weighted by Gasteiger charge is -2.35. The SMILES string of the molecule is CCN(C(=O)NC1CCN(CC(C)C)CC1)[C@@H](C)c1cc2ccccc2o1. The Labute approximate surface area is 162 Å². The van der Waals surface area contributed by atoms with Gasteiger partial charge >= 0.3 is 6.03 Å². The molecule has 27 heavy (non-hydrogen) atoms. The van der Waals surface area contributed by atoms with Gasteiger partial charge in [0.25, 0.3) is 0 Å². The molecule has 1 fully saturated rings. The number of hydrogen-bond donors (Lipinski definition) is 1. The molecule has 0 aliphatic carbocycles. The lowest BCUT2D eigenvalue weighted by Crippen LogP contribution is -2.50. The van der Waals surface area contributed by atoms with Gasteiger partial charge in [-0.05, 0) is 44.7 Å². The largest absolute Gasteiger partial charge is 0.459 e. The van der Waals surface area contributed by atoms with E-state index in [0.717, 1.165) is 49.2 Å². The highest BCUT2D eigenvalue weighted by Crippen LogP contribution is 2.27. The fourth-order valence-corrected chi connectivity index (χ4v) is 3.99. The molecule has 0 unspecified atom stereocenters. The number of nitrogens with zero attached hydrogens (tertiary/aromatic N) is 2. The Bertz CT molecular complexity index is 714. The molecular weight excluding hydrogens is 338 g/mol. The molecule has 1 aromatic carbocycles. The van der Waals surface area contributed by atoms with Gasteiger partial charge in [-0.25, -0.2) is 4.79 Å². The van der Waals surface area contributed by atoms with Crippen molar-refractivity contribution in [2.75, 3.05) is 26.2 Å². The third-order valence-corrected chi connectivity index (χ3v) is 5.46. The van der Waals surface area contributed by atoms with Gasteiger partial charge in [0.2, 0.25) is 0 Å². The number of carbonyl (C=O) groups excluding carboxylic acids is 1. The van der Waals surface area contributed by atoms with E-state index in [1.54, 1.807) is 0 Å². The number of fused-ring (bicyclic) bond motifs is 1. The number of urea groups is 1.